The van der Waals surface area contributed by atoms with E-state index in [1.54, 1.807) is 0 Å². The number of rotatable bonds is 10. The normalized spacial score (nSPS) is 11.2. The van der Waals surface area contributed by atoms with E-state index in [-0.39, 0.29) is 17.3 Å². The van der Waals surface area contributed by atoms with Gasteiger partial charge < -0.3 is 4.74 Å². The van der Waals surface area contributed by atoms with E-state index in [4.69, 9.17) is 10.00 Å². The smallest absolute Gasteiger partial charge is 0.180 e. The molecule has 0 atom stereocenters. The van der Waals surface area contributed by atoms with Crippen LogP contribution in [-0.2, 0) is 14.6 Å². The van der Waals surface area contributed by atoms with E-state index in [0.717, 1.165) is 12.8 Å². The molecule has 0 aromatic heterocycles. The second-order valence-electron chi connectivity index (χ2n) is 4.98. The Balaban J connectivity index is 2.28. The number of nitriles is 1. The highest BCUT2D eigenvalue weighted by molar-refractivity contribution is 7.91. The Hall–Kier alpha value is -1.38. The standard InChI is InChI=1S/C16H23NO3S/c1-2-3-4-5-6-11-20-12-13-21(18,19)16-9-7-15(14-17)8-10-16/h7-10H,2-6,11-13H2,1H3. The number of hydrogen-bond acceptors (Lipinski definition) is 4. The summed E-state index contributed by atoms with van der Waals surface area (Å²) in [5, 5.41) is 8.69. The fourth-order valence-corrected chi connectivity index (χ4v) is 3.06. The summed E-state index contributed by atoms with van der Waals surface area (Å²) in [5.41, 5.74) is 0.456. The summed E-state index contributed by atoms with van der Waals surface area (Å²) in [6.45, 7) is 3.01. The van der Waals surface area contributed by atoms with Crippen molar-refractivity contribution < 1.29 is 13.2 Å². The third-order valence-electron chi connectivity index (χ3n) is 3.23. The second-order valence-corrected chi connectivity index (χ2v) is 7.09. The van der Waals surface area contributed by atoms with Crippen LogP contribution in [-0.4, -0.2) is 27.4 Å². The Morgan fingerprint density at radius 3 is 2.33 bits per heavy atom. The Bertz CT molecular complexity index is 544. The minimum absolute atomic E-state index is 0.0200. The number of sulfone groups is 1. The van der Waals surface area contributed by atoms with Gasteiger partial charge in [0.2, 0.25) is 0 Å². The van der Waals surface area contributed by atoms with Crippen LogP contribution in [0.25, 0.3) is 0 Å². The Kier molecular flexibility index (Phi) is 8.03. The van der Waals surface area contributed by atoms with Crippen LogP contribution in [0.15, 0.2) is 29.2 Å². The number of unbranched alkanes of at least 4 members (excludes halogenated alkanes) is 4. The van der Waals surface area contributed by atoms with Crippen molar-refractivity contribution >= 4 is 9.84 Å². The fourth-order valence-electron chi connectivity index (χ4n) is 1.93. The first-order valence-corrected chi connectivity index (χ1v) is 9.06. The van der Waals surface area contributed by atoms with E-state index in [1.807, 2.05) is 6.07 Å². The molecule has 0 radical (unpaired) electrons. The average Bonchev–Trinajstić information content (AvgIpc) is 2.50. The molecule has 0 aliphatic rings. The summed E-state index contributed by atoms with van der Waals surface area (Å²) >= 11 is 0. The molecule has 0 spiro atoms. The molecule has 0 bridgehead atoms. The molecular formula is C16H23NO3S. The van der Waals surface area contributed by atoms with E-state index in [1.165, 1.54) is 43.5 Å². The lowest BCUT2D eigenvalue weighted by Crippen LogP contribution is -2.13. The summed E-state index contributed by atoms with van der Waals surface area (Å²) in [6.07, 6.45) is 5.79. The molecular weight excluding hydrogens is 286 g/mol. The van der Waals surface area contributed by atoms with Gasteiger partial charge in [0, 0.05) is 6.61 Å². The zero-order chi connectivity index (χ0) is 15.6. The molecule has 0 fully saturated rings. The largest absolute Gasteiger partial charge is 0.380 e. The van der Waals surface area contributed by atoms with Gasteiger partial charge in [0.15, 0.2) is 9.84 Å². The minimum atomic E-state index is -3.32. The van der Waals surface area contributed by atoms with Gasteiger partial charge in [0.05, 0.1) is 28.9 Å². The second kappa shape index (κ2) is 9.54. The van der Waals surface area contributed by atoms with Crippen LogP contribution in [0.3, 0.4) is 0 Å². The van der Waals surface area contributed by atoms with E-state index in [9.17, 15) is 8.42 Å². The predicted octanol–water partition coefficient (Wildman–Crippen LogP) is 3.32. The van der Waals surface area contributed by atoms with Gasteiger partial charge in [-0.1, -0.05) is 32.6 Å². The minimum Gasteiger partial charge on any atom is -0.380 e. The average molecular weight is 309 g/mol. The van der Waals surface area contributed by atoms with Gasteiger partial charge in [-0.2, -0.15) is 5.26 Å². The molecule has 4 nitrogen and oxygen atoms in total. The number of benzene rings is 1. The lowest BCUT2D eigenvalue weighted by Gasteiger charge is -2.06. The molecule has 0 saturated carbocycles. The maximum absolute atomic E-state index is 12.0. The molecule has 0 aliphatic carbocycles. The molecule has 0 saturated heterocycles. The van der Waals surface area contributed by atoms with Crippen molar-refractivity contribution in [2.75, 3.05) is 19.0 Å². The van der Waals surface area contributed by atoms with Crippen LogP contribution in [0.5, 0.6) is 0 Å². The SMILES string of the molecule is CCCCCCCOCCS(=O)(=O)c1ccc(C#N)cc1. The van der Waals surface area contributed by atoms with Gasteiger partial charge in [-0.25, -0.2) is 8.42 Å². The number of hydrogen-bond donors (Lipinski definition) is 0. The topological polar surface area (TPSA) is 67.2 Å². The van der Waals surface area contributed by atoms with Crippen molar-refractivity contribution in [3.63, 3.8) is 0 Å². The van der Waals surface area contributed by atoms with Gasteiger partial charge >= 0.3 is 0 Å². The molecule has 1 aromatic carbocycles. The lowest BCUT2D eigenvalue weighted by atomic mass is 10.2. The zero-order valence-electron chi connectivity index (χ0n) is 12.5. The molecule has 5 heteroatoms. The van der Waals surface area contributed by atoms with Crippen molar-refractivity contribution in [3.8, 4) is 6.07 Å². The predicted molar refractivity (Wildman–Crippen MR) is 82.8 cm³/mol. The molecule has 0 N–H and O–H groups in total. The maximum atomic E-state index is 12.0. The molecule has 0 heterocycles. The Morgan fingerprint density at radius 2 is 1.71 bits per heavy atom. The van der Waals surface area contributed by atoms with Gasteiger partial charge in [0.25, 0.3) is 0 Å². The fraction of sp³-hybridized carbons (Fsp3) is 0.562. The van der Waals surface area contributed by atoms with Crippen molar-refractivity contribution in [1.82, 2.24) is 0 Å². The Labute approximate surface area is 127 Å². The van der Waals surface area contributed by atoms with E-state index >= 15 is 0 Å². The van der Waals surface area contributed by atoms with Crippen LogP contribution in [0, 0.1) is 11.3 Å². The monoisotopic (exact) mass is 309 g/mol. The van der Waals surface area contributed by atoms with E-state index in [0.29, 0.717) is 12.2 Å². The quantitative estimate of drug-likeness (QED) is 0.622. The zero-order valence-corrected chi connectivity index (χ0v) is 13.4. The van der Waals surface area contributed by atoms with Gasteiger partial charge in [-0.05, 0) is 30.7 Å². The number of nitrogens with zero attached hydrogens (tertiary/aromatic N) is 1. The first-order chi connectivity index (χ1) is 10.1. The first-order valence-electron chi connectivity index (χ1n) is 7.41. The van der Waals surface area contributed by atoms with Crippen molar-refractivity contribution in [1.29, 1.82) is 5.26 Å². The van der Waals surface area contributed by atoms with Crippen molar-refractivity contribution in [2.45, 2.75) is 43.9 Å². The molecule has 1 rings (SSSR count). The summed E-state index contributed by atoms with van der Waals surface area (Å²) < 4.78 is 29.5. The summed E-state index contributed by atoms with van der Waals surface area (Å²) in [7, 11) is -3.32. The van der Waals surface area contributed by atoms with Crippen LogP contribution in [0.2, 0.25) is 0 Å². The third kappa shape index (κ3) is 6.74. The molecule has 1 aromatic rings. The molecule has 0 unspecified atom stereocenters. The molecule has 21 heavy (non-hydrogen) atoms. The van der Waals surface area contributed by atoms with Gasteiger partial charge in [-0.15, -0.1) is 0 Å². The molecule has 0 amide bonds. The van der Waals surface area contributed by atoms with Gasteiger partial charge in [0.1, 0.15) is 0 Å². The highest BCUT2D eigenvalue weighted by atomic mass is 32.2. The Morgan fingerprint density at radius 1 is 1.05 bits per heavy atom. The summed E-state index contributed by atoms with van der Waals surface area (Å²) in [5.74, 6) is -0.0200. The number of ether oxygens (including phenoxy) is 1. The first kappa shape index (κ1) is 17.7. The summed E-state index contributed by atoms with van der Waals surface area (Å²) in [6, 6.07) is 7.94. The van der Waals surface area contributed by atoms with Crippen molar-refractivity contribution in [2.24, 2.45) is 0 Å². The van der Waals surface area contributed by atoms with Gasteiger partial charge in [-0.3, -0.25) is 0 Å². The maximum Gasteiger partial charge on any atom is 0.180 e. The lowest BCUT2D eigenvalue weighted by molar-refractivity contribution is 0.144. The van der Waals surface area contributed by atoms with Crippen LogP contribution >= 0.6 is 0 Å². The summed E-state index contributed by atoms with van der Waals surface area (Å²) in [4.78, 5) is 0.244. The highest BCUT2D eigenvalue weighted by Gasteiger charge is 2.13. The van der Waals surface area contributed by atoms with Crippen LogP contribution < -0.4 is 0 Å². The van der Waals surface area contributed by atoms with Crippen LogP contribution in [0.1, 0.15) is 44.6 Å². The van der Waals surface area contributed by atoms with Crippen LogP contribution in [0.4, 0.5) is 0 Å². The molecule has 116 valence electrons. The van der Waals surface area contributed by atoms with E-state index < -0.39 is 9.84 Å². The van der Waals surface area contributed by atoms with Crippen molar-refractivity contribution in [3.05, 3.63) is 29.8 Å². The highest BCUT2D eigenvalue weighted by Crippen LogP contribution is 2.12. The molecule has 0 aliphatic heterocycles. The van der Waals surface area contributed by atoms with E-state index in [2.05, 4.69) is 6.92 Å². The third-order valence-corrected chi connectivity index (χ3v) is 4.93.